The van der Waals surface area contributed by atoms with Gasteiger partial charge >= 0.3 is 0 Å². The van der Waals surface area contributed by atoms with E-state index in [4.69, 9.17) is 5.73 Å². The van der Waals surface area contributed by atoms with Gasteiger partial charge in [0.15, 0.2) is 0 Å². The Kier molecular flexibility index (Phi) is 4.78. The molecule has 0 bridgehead atoms. The average Bonchev–Trinajstić information content (AvgIpc) is 2.27. The lowest BCUT2D eigenvalue weighted by Gasteiger charge is -2.20. The van der Waals surface area contributed by atoms with Crippen LogP contribution in [0.1, 0.15) is 32.4 Å². The summed E-state index contributed by atoms with van der Waals surface area (Å²) in [6, 6.07) is 2.07. The van der Waals surface area contributed by atoms with Crippen LogP contribution >= 0.6 is 0 Å². The van der Waals surface area contributed by atoms with Crippen LogP contribution in [0.15, 0.2) is 18.2 Å². The van der Waals surface area contributed by atoms with Crippen LogP contribution in [0.25, 0.3) is 0 Å². The summed E-state index contributed by atoms with van der Waals surface area (Å²) in [6.45, 7) is 5.28. The van der Waals surface area contributed by atoms with E-state index in [1.54, 1.807) is 6.92 Å². The normalized spacial score (nSPS) is 14.4. The first kappa shape index (κ1) is 14.6. The minimum Gasteiger partial charge on any atom is -0.348 e. The highest BCUT2D eigenvalue weighted by atomic mass is 19.1. The standard InChI is InChI=1S/C13H18F2N2O/c1-7(2)12(16)13(18)17-8(3)10-5-4-9(14)6-11(10)15/h4-8,12H,16H2,1-3H3,(H,17,18)/t8-,12+/m1/s1. The van der Waals surface area contributed by atoms with E-state index in [0.717, 1.165) is 12.1 Å². The molecule has 0 spiro atoms. The largest absolute Gasteiger partial charge is 0.348 e. The number of nitrogens with two attached hydrogens (primary N) is 1. The summed E-state index contributed by atoms with van der Waals surface area (Å²) >= 11 is 0. The second kappa shape index (κ2) is 5.91. The van der Waals surface area contributed by atoms with Crippen LogP contribution in [0.4, 0.5) is 8.78 Å². The highest BCUT2D eigenvalue weighted by Gasteiger charge is 2.20. The third-order valence-corrected chi connectivity index (χ3v) is 2.81. The molecule has 1 amide bonds. The Labute approximate surface area is 105 Å². The van der Waals surface area contributed by atoms with Crippen molar-refractivity contribution in [2.24, 2.45) is 11.7 Å². The molecule has 0 aliphatic rings. The number of carbonyl (C=O) groups excluding carboxylic acids is 1. The van der Waals surface area contributed by atoms with Gasteiger partial charge in [-0.1, -0.05) is 19.9 Å². The zero-order chi connectivity index (χ0) is 13.9. The number of rotatable bonds is 4. The van der Waals surface area contributed by atoms with Crippen molar-refractivity contribution < 1.29 is 13.6 Å². The van der Waals surface area contributed by atoms with Gasteiger partial charge in [0.05, 0.1) is 12.1 Å². The van der Waals surface area contributed by atoms with Crippen LogP contribution in [-0.4, -0.2) is 11.9 Å². The fraction of sp³-hybridized carbons (Fsp3) is 0.462. The molecule has 1 rings (SSSR count). The molecule has 0 saturated carbocycles. The van der Waals surface area contributed by atoms with E-state index in [1.807, 2.05) is 13.8 Å². The van der Waals surface area contributed by atoms with Crippen molar-refractivity contribution in [3.8, 4) is 0 Å². The number of hydrogen-bond donors (Lipinski definition) is 2. The van der Waals surface area contributed by atoms with Crippen LogP contribution in [0.3, 0.4) is 0 Å². The quantitative estimate of drug-likeness (QED) is 0.867. The number of nitrogens with one attached hydrogen (secondary N) is 1. The van der Waals surface area contributed by atoms with E-state index < -0.39 is 23.7 Å². The van der Waals surface area contributed by atoms with Gasteiger partial charge in [-0.3, -0.25) is 4.79 Å². The smallest absolute Gasteiger partial charge is 0.237 e. The molecule has 0 aliphatic carbocycles. The molecule has 3 N–H and O–H groups in total. The number of benzene rings is 1. The maximum absolute atomic E-state index is 13.5. The van der Waals surface area contributed by atoms with Gasteiger partial charge in [-0.15, -0.1) is 0 Å². The number of carbonyl (C=O) groups is 1. The van der Waals surface area contributed by atoms with Crippen LogP contribution in [0.5, 0.6) is 0 Å². The molecule has 0 aliphatic heterocycles. The predicted molar refractivity (Wildman–Crippen MR) is 65.7 cm³/mol. The maximum atomic E-state index is 13.5. The summed E-state index contributed by atoms with van der Waals surface area (Å²) in [5.74, 6) is -1.67. The minimum absolute atomic E-state index is 0.00438. The lowest BCUT2D eigenvalue weighted by Crippen LogP contribution is -2.44. The lowest BCUT2D eigenvalue weighted by atomic mass is 10.0. The summed E-state index contributed by atoms with van der Waals surface area (Å²) in [6.07, 6.45) is 0. The zero-order valence-corrected chi connectivity index (χ0v) is 10.7. The van der Waals surface area contributed by atoms with E-state index >= 15 is 0 Å². The second-order valence-corrected chi connectivity index (χ2v) is 4.67. The Morgan fingerprint density at radius 2 is 1.89 bits per heavy atom. The molecule has 0 fully saturated rings. The van der Waals surface area contributed by atoms with Gasteiger partial charge in [0.2, 0.25) is 5.91 Å². The van der Waals surface area contributed by atoms with Crippen molar-refractivity contribution in [1.29, 1.82) is 0 Å². The molecular formula is C13H18F2N2O. The fourth-order valence-corrected chi connectivity index (χ4v) is 1.54. The van der Waals surface area contributed by atoms with Gasteiger partial charge in [0.1, 0.15) is 11.6 Å². The average molecular weight is 256 g/mol. The van der Waals surface area contributed by atoms with Crippen LogP contribution in [0.2, 0.25) is 0 Å². The zero-order valence-electron chi connectivity index (χ0n) is 10.7. The van der Waals surface area contributed by atoms with Crippen molar-refractivity contribution >= 4 is 5.91 Å². The van der Waals surface area contributed by atoms with Gasteiger partial charge < -0.3 is 11.1 Å². The SMILES string of the molecule is CC(C)[C@H](N)C(=O)N[C@H](C)c1ccc(F)cc1F. The summed E-state index contributed by atoms with van der Waals surface area (Å²) < 4.78 is 26.2. The molecule has 1 aromatic carbocycles. The van der Waals surface area contributed by atoms with E-state index in [9.17, 15) is 13.6 Å². The van der Waals surface area contributed by atoms with Crippen molar-refractivity contribution in [3.63, 3.8) is 0 Å². The highest BCUT2D eigenvalue weighted by molar-refractivity contribution is 5.82. The molecule has 0 heterocycles. The first-order valence-electron chi connectivity index (χ1n) is 5.83. The second-order valence-electron chi connectivity index (χ2n) is 4.67. The Morgan fingerprint density at radius 1 is 1.28 bits per heavy atom. The number of halogens is 2. The fourth-order valence-electron chi connectivity index (χ4n) is 1.54. The van der Waals surface area contributed by atoms with Gasteiger partial charge in [-0.25, -0.2) is 8.78 Å². The molecule has 2 atom stereocenters. The first-order valence-corrected chi connectivity index (χ1v) is 5.83. The lowest BCUT2D eigenvalue weighted by molar-refractivity contribution is -0.123. The molecule has 18 heavy (non-hydrogen) atoms. The molecule has 1 aromatic rings. The molecule has 0 saturated heterocycles. The summed E-state index contributed by atoms with van der Waals surface area (Å²) in [5.41, 5.74) is 5.92. The Bertz CT molecular complexity index is 435. The van der Waals surface area contributed by atoms with Crippen molar-refractivity contribution in [1.82, 2.24) is 5.32 Å². The molecule has 5 heteroatoms. The van der Waals surface area contributed by atoms with E-state index in [-0.39, 0.29) is 17.4 Å². The van der Waals surface area contributed by atoms with Gasteiger partial charge in [-0.2, -0.15) is 0 Å². The van der Waals surface area contributed by atoms with Crippen molar-refractivity contribution in [3.05, 3.63) is 35.4 Å². The van der Waals surface area contributed by atoms with Gasteiger partial charge in [0, 0.05) is 11.6 Å². The summed E-state index contributed by atoms with van der Waals surface area (Å²) in [5, 5.41) is 2.61. The van der Waals surface area contributed by atoms with Crippen molar-refractivity contribution in [2.45, 2.75) is 32.9 Å². The van der Waals surface area contributed by atoms with Gasteiger partial charge in [0.25, 0.3) is 0 Å². The Hall–Kier alpha value is -1.49. The first-order chi connectivity index (χ1) is 8.32. The van der Waals surface area contributed by atoms with E-state index in [0.29, 0.717) is 0 Å². The van der Waals surface area contributed by atoms with Crippen LogP contribution in [-0.2, 0) is 4.79 Å². The monoisotopic (exact) mass is 256 g/mol. The predicted octanol–water partition coefficient (Wildman–Crippen LogP) is 2.13. The van der Waals surface area contributed by atoms with E-state index in [1.165, 1.54) is 6.07 Å². The highest BCUT2D eigenvalue weighted by Crippen LogP contribution is 2.17. The Balaban J connectivity index is 2.76. The third-order valence-electron chi connectivity index (χ3n) is 2.81. The third kappa shape index (κ3) is 3.50. The molecule has 0 aromatic heterocycles. The van der Waals surface area contributed by atoms with E-state index in [2.05, 4.69) is 5.32 Å². The van der Waals surface area contributed by atoms with Crippen LogP contribution < -0.4 is 11.1 Å². The molecule has 0 unspecified atom stereocenters. The summed E-state index contributed by atoms with van der Waals surface area (Å²) in [4.78, 5) is 11.7. The minimum atomic E-state index is -0.680. The molecule has 3 nitrogen and oxygen atoms in total. The van der Waals surface area contributed by atoms with Crippen molar-refractivity contribution in [2.75, 3.05) is 0 Å². The van der Waals surface area contributed by atoms with Gasteiger partial charge in [-0.05, 0) is 18.9 Å². The number of hydrogen-bond acceptors (Lipinski definition) is 2. The topological polar surface area (TPSA) is 55.1 Å². The summed E-state index contributed by atoms with van der Waals surface area (Å²) in [7, 11) is 0. The molecular weight excluding hydrogens is 238 g/mol. The maximum Gasteiger partial charge on any atom is 0.237 e. The molecule has 100 valence electrons. The number of amides is 1. The molecule has 0 radical (unpaired) electrons. The van der Waals surface area contributed by atoms with Crippen LogP contribution in [0, 0.1) is 17.6 Å². The Morgan fingerprint density at radius 3 is 2.39 bits per heavy atom.